The maximum atomic E-state index is 12.2. The molecule has 0 atom stereocenters. The summed E-state index contributed by atoms with van der Waals surface area (Å²) in [4.78, 5) is 35.4. The zero-order valence-electron chi connectivity index (χ0n) is 14.6. The van der Waals surface area contributed by atoms with Crippen LogP contribution in [-0.4, -0.2) is 28.6 Å². The van der Waals surface area contributed by atoms with Crippen LogP contribution in [0.2, 0.25) is 0 Å². The molecule has 0 fully saturated rings. The number of hydrogen-bond donors (Lipinski definition) is 2. The number of thioether (sulfide) groups is 1. The summed E-state index contributed by atoms with van der Waals surface area (Å²) in [6.07, 6.45) is 6.05. The van der Waals surface area contributed by atoms with Crippen molar-refractivity contribution in [3.63, 3.8) is 0 Å². The molecule has 0 aliphatic rings. The van der Waals surface area contributed by atoms with E-state index >= 15 is 0 Å². The van der Waals surface area contributed by atoms with Crippen LogP contribution in [0.4, 0.5) is 0 Å². The number of nitrogens with zero attached hydrogens (tertiary/aromatic N) is 1. The van der Waals surface area contributed by atoms with Crippen molar-refractivity contribution in [1.82, 2.24) is 5.32 Å². The van der Waals surface area contributed by atoms with Crippen LogP contribution in [0.15, 0.2) is 59.8 Å². The van der Waals surface area contributed by atoms with E-state index in [0.717, 1.165) is 31.1 Å². The Morgan fingerprint density at radius 3 is 2.41 bits per heavy atom. The Morgan fingerprint density at radius 1 is 1.00 bits per heavy atom. The van der Waals surface area contributed by atoms with Crippen molar-refractivity contribution in [2.24, 2.45) is 0 Å². The minimum atomic E-state index is -1.11. The first kappa shape index (κ1) is 22.9. The lowest BCUT2D eigenvalue weighted by molar-refractivity contribution is -0.697. The maximum Gasteiger partial charge on any atom is 0.322 e. The van der Waals surface area contributed by atoms with Gasteiger partial charge in [0.1, 0.15) is 13.1 Å². The highest BCUT2D eigenvalue weighted by molar-refractivity contribution is 8.13. The molecule has 8 heteroatoms. The molecule has 1 heterocycles. The Labute approximate surface area is 172 Å². The van der Waals surface area contributed by atoms with Crippen molar-refractivity contribution in [3.05, 3.63) is 60.4 Å². The molecule has 0 aliphatic heterocycles. The first-order valence-corrected chi connectivity index (χ1v) is 9.11. The molecule has 0 aliphatic carbocycles. The Kier molecular flexibility index (Phi) is 10.4. The minimum Gasteiger partial charge on any atom is -1.00 e. The lowest BCUT2D eigenvalue weighted by Gasteiger charge is -2.08. The third kappa shape index (κ3) is 8.36. The highest BCUT2D eigenvalue weighted by Gasteiger charge is 2.15. The van der Waals surface area contributed by atoms with Crippen LogP contribution < -0.4 is 26.9 Å². The minimum absolute atomic E-state index is 0. The number of benzene rings is 1. The van der Waals surface area contributed by atoms with E-state index in [1.807, 2.05) is 30.6 Å². The van der Waals surface area contributed by atoms with Gasteiger partial charge >= 0.3 is 5.97 Å². The van der Waals surface area contributed by atoms with Crippen molar-refractivity contribution in [3.8, 4) is 0 Å². The number of rotatable bonds is 9. The molecule has 0 radical (unpaired) electrons. The molecule has 1 aromatic heterocycles. The van der Waals surface area contributed by atoms with E-state index < -0.39 is 18.4 Å². The summed E-state index contributed by atoms with van der Waals surface area (Å²) in [5.74, 6) is -1.61. The number of pyridine rings is 1. The third-order valence-corrected chi connectivity index (χ3v) is 4.59. The van der Waals surface area contributed by atoms with Gasteiger partial charge in [-0.2, -0.15) is 0 Å². The molecule has 0 saturated carbocycles. The van der Waals surface area contributed by atoms with Crippen LogP contribution in [0.1, 0.15) is 29.6 Å². The molecule has 2 rings (SSSR count). The average molecular weight is 453 g/mol. The average Bonchev–Trinajstić information content (AvgIpc) is 2.64. The van der Waals surface area contributed by atoms with Gasteiger partial charge in [-0.05, 0) is 18.6 Å². The molecule has 1 aromatic carbocycles. The number of carbonyl (C=O) groups excluding carboxylic acids is 2. The van der Waals surface area contributed by atoms with E-state index in [0.29, 0.717) is 16.9 Å². The number of carboxylic acids is 1. The van der Waals surface area contributed by atoms with Crippen LogP contribution in [-0.2, 0) is 16.1 Å². The Balaban J connectivity index is 0.00000364. The highest BCUT2D eigenvalue weighted by atomic mass is 79.9. The van der Waals surface area contributed by atoms with E-state index in [1.165, 1.54) is 0 Å². The van der Waals surface area contributed by atoms with E-state index in [-0.39, 0.29) is 22.1 Å². The summed E-state index contributed by atoms with van der Waals surface area (Å²) in [5, 5.41) is 11.0. The molecule has 0 saturated heterocycles. The first-order chi connectivity index (χ1) is 12.6. The molecular formula is C19H21BrN2O4S. The lowest BCUT2D eigenvalue weighted by Crippen LogP contribution is -3.00. The van der Waals surface area contributed by atoms with Gasteiger partial charge in [-0.1, -0.05) is 30.0 Å². The maximum absolute atomic E-state index is 12.2. The van der Waals surface area contributed by atoms with E-state index in [1.54, 1.807) is 24.3 Å². The second kappa shape index (κ2) is 12.2. The molecule has 0 unspecified atom stereocenters. The Morgan fingerprint density at radius 2 is 1.70 bits per heavy atom. The predicted octanol–water partition coefficient (Wildman–Crippen LogP) is -0.718. The second-order valence-electron chi connectivity index (χ2n) is 5.62. The van der Waals surface area contributed by atoms with E-state index in [2.05, 4.69) is 9.88 Å². The number of carbonyl (C=O) groups is 3. The molecule has 1 amide bonds. The number of hydrogen-bond acceptors (Lipinski definition) is 4. The molecule has 2 N–H and O–H groups in total. The lowest BCUT2D eigenvalue weighted by atomic mass is 10.2. The number of nitrogens with one attached hydrogen (secondary N) is 1. The standard InChI is InChI=1S/C19H20N2O4S.BrH/c22-17(23)14-20-19(25)15-8-2-3-9-16(15)26-18(24)10-4-7-13-21-11-5-1-6-12-21;/h1-3,5-6,8-9,11-12H,4,7,10,13-14H2,(H-,20,22,23,25);1H. The largest absolute Gasteiger partial charge is 1.00 e. The number of amides is 1. The summed E-state index contributed by atoms with van der Waals surface area (Å²) in [6.45, 7) is 0.399. The van der Waals surface area contributed by atoms with Gasteiger partial charge in [0, 0.05) is 29.9 Å². The number of aliphatic carboxylic acids is 1. The van der Waals surface area contributed by atoms with Crippen LogP contribution in [0.3, 0.4) is 0 Å². The normalized spacial score (nSPS) is 9.93. The van der Waals surface area contributed by atoms with Gasteiger partial charge in [0.2, 0.25) is 0 Å². The molecule has 144 valence electrons. The highest BCUT2D eigenvalue weighted by Crippen LogP contribution is 2.25. The fourth-order valence-electron chi connectivity index (χ4n) is 2.32. The van der Waals surface area contributed by atoms with E-state index in [9.17, 15) is 14.4 Å². The van der Waals surface area contributed by atoms with Crippen molar-refractivity contribution in [2.45, 2.75) is 30.7 Å². The molecule has 0 bridgehead atoms. The van der Waals surface area contributed by atoms with Gasteiger partial charge in [-0.25, -0.2) is 4.57 Å². The molecule has 2 aromatic rings. The first-order valence-electron chi connectivity index (χ1n) is 8.30. The SMILES string of the molecule is O=C(O)CNC(=O)c1ccccc1SC(=O)CCCC[n+]1ccccc1.[Br-]. The van der Waals surface area contributed by atoms with Gasteiger partial charge in [-0.15, -0.1) is 0 Å². The van der Waals surface area contributed by atoms with Gasteiger partial charge in [-0.3, -0.25) is 14.4 Å². The number of unbranched alkanes of at least 4 members (excludes halogenated alkanes) is 1. The number of aromatic nitrogens is 1. The van der Waals surface area contributed by atoms with Gasteiger partial charge in [0.25, 0.3) is 5.91 Å². The number of aryl methyl sites for hydroxylation is 1. The fourth-order valence-corrected chi connectivity index (χ4v) is 3.22. The topological polar surface area (TPSA) is 87.3 Å². The van der Waals surface area contributed by atoms with Crippen LogP contribution in [0, 0.1) is 0 Å². The van der Waals surface area contributed by atoms with Crippen LogP contribution in [0.5, 0.6) is 0 Å². The third-order valence-electron chi connectivity index (χ3n) is 3.58. The zero-order valence-corrected chi connectivity index (χ0v) is 17.0. The Bertz CT molecular complexity index is 771. The summed E-state index contributed by atoms with van der Waals surface area (Å²) in [6, 6.07) is 12.6. The summed E-state index contributed by atoms with van der Waals surface area (Å²) < 4.78 is 2.07. The van der Waals surface area contributed by atoms with Crippen molar-refractivity contribution in [1.29, 1.82) is 0 Å². The molecule has 0 spiro atoms. The van der Waals surface area contributed by atoms with Gasteiger partial charge in [0.15, 0.2) is 17.5 Å². The quantitative estimate of drug-likeness (QED) is 0.298. The van der Waals surface area contributed by atoms with E-state index in [4.69, 9.17) is 5.11 Å². The predicted molar refractivity (Wildman–Crippen MR) is 97.8 cm³/mol. The van der Waals surface area contributed by atoms with Gasteiger partial charge in [0.05, 0.1) is 5.56 Å². The van der Waals surface area contributed by atoms with Crippen molar-refractivity contribution >= 4 is 28.8 Å². The van der Waals surface area contributed by atoms with Gasteiger partial charge < -0.3 is 27.4 Å². The number of halogens is 1. The number of carboxylic acid groups (broad SMARTS) is 1. The Hall–Kier alpha value is -2.19. The van der Waals surface area contributed by atoms with Crippen LogP contribution >= 0.6 is 11.8 Å². The molecule has 6 nitrogen and oxygen atoms in total. The molecule has 27 heavy (non-hydrogen) atoms. The summed E-state index contributed by atoms with van der Waals surface area (Å²) >= 11 is 1.03. The zero-order chi connectivity index (χ0) is 18.8. The molecular weight excluding hydrogens is 432 g/mol. The summed E-state index contributed by atoms with van der Waals surface area (Å²) in [7, 11) is 0. The monoisotopic (exact) mass is 452 g/mol. The second-order valence-corrected chi connectivity index (χ2v) is 6.72. The van der Waals surface area contributed by atoms with Crippen molar-refractivity contribution < 1.29 is 41.0 Å². The summed E-state index contributed by atoms with van der Waals surface area (Å²) in [5.41, 5.74) is 0.312. The smallest absolute Gasteiger partial charge is 0.322 e. The van der Waals surface area contributed by atoms with Crippen molar-refractivity contribution in [2.75, 3.05) is 6.54 Å². The van der Waals surface area contributed by atoms with Crippen LogP contribution in [0.25, 0.3) is 0 Å². The fraction of sp³-hybridized carbons (Fsp3) is 0.263.